The van der Waals surface area contributed by atoms with Crippen LogP contribution in [0.25, 0.3) is 0 Å². The minimum Gasteiger partial charge on any atom is -0.358 e. The minimum absolute atomic E-state index is 0.702. The number of aromatic nitrogens is 8. The Morgan fingerprint density at radius 2 is 0.861 bits per heavy atom. The van der Waals surface area contributed by atoms with Gasteiger partial charge in [-0.25, -0.2) is 19.9 Å². The Balaban J connectivity index is 1.83. The molecular weight excluding hydrogens is 456 g/mol. The lowest BCUT2D eigenvalue weighted by Crippen LogP contribution is -2.39. The fourth-order valence-corrected chi connectivity index (χ4v) is 5.09. The number of hydrogen-bond acceptors (Lipinski definition) is 6. The number of nitrogens with zero attached hydrogens (tertiary/aromatic N) is 8. The van der Waals surface area contributed by atoms with E-state index in [9.17, 15) is 0 Å². The summed E-state index contributed by atoms with van der Waals surface area (Å²) in [5, 5.41) is 0. The zero-order valence-corrected chi connectivity index (χ0v) is 21.3. The molecule has 0 bridgehead atoms. The molecule has 10 heteroatoms. The molecule has 0 aliphatic carbocycles. The van der Waals surface area contributed by atoms with Crippen molar-refractivity contribution in [1.82, 2.24) is 38.2 Å². The fraction of sp³-hybridized carbons (Fsp3) is 0.308. The molecule has 0 saturated carbocycles. The molecule has 5 aromatic rings. The molecular formula is C26H30N8O2. The van der Waals surface area contributed by atoms with Crippen molar-refractivity contribution >= 4 is 0 Å². The normalized spacial score (nSPS) is 12.4. The highest BCUT2D eigenvalue weighted by atomic mass is 16.5. The summed E-state index contributed by atoms with van der Waals surface area (Å²) in [6.07, 6.45) is 14.6. The van der Waals surface area contributed by atoms with Gasteiger partial charge in [0.15, 0.2) is 23.3 Å². The third-order valence-corrected chi connectivity index (χ3v) is 6.83. The number of methoxy groups -OCH3 is 2. The average molecular weight is 487 g/mol. The number of ether oxygens (including phenoxy) is 2. The van der Waals surface area contributed by atoms with Crippen LogP contribution in [0.4, 0.5) is 0 Å². The van der Waals surface area contributed by atoms with Crippen molar-refractivity contribution in [3.63, 3.8) is 0 Å². The predicted molar refractivity (Wildman–Crippen MR) is 133 cm³/mol. The summed E-state index contributed by atoms with van der Waals surface area (Å²) in [5.41, 5.74) is -0.489. The Bertz CT molecular complexity index is 1300. The van der Waals surface area contributed by atoms with Crippen molar-refractivity contribution in [2.75, 3.05) is 14.2 Å². The Kier molecular flexibility index (Phi) is 5.85. The quantitative estimate of drug-likeness (QED) is 0.335. The van der Waals surface area contributed by atoms with Crippen LogP contribution in [-0.2, 0) is 48.9 Å². The van der Waals surface area contributed by atoms with Gasteiger partial charge in [-0.3, -0.25) is 0 Å². The predicted octanol–water partition coefficient (Wildman–Crippen LogP) is 2.50. The molecule has 4 aromatic heterocycles. The second-order valence-corrected chi connectivity index (χ2v) is 8.80. The number of rotatable bonds is 8. The largest absolute Gasteiger partial charge is 0.358 e. The van der Waals surface area contributed by atoms with Crippen LogP contribution in [0, 0.1) is 0 Å². The Morgan fingerprint density at radius 3 is 1.08 bits per heavy atom. The maximum absolute atomic E-state index is 6.36. The molecule has 1 aromatic carbocycles. The molecule has 0 amide bonds. The van der Waals surface area contributed by atoms with Gasteiger partial charge >= 0.3 is 0 Å². The second-order valence-electron chi connectivity index (χ2n) is 8.80. The molecule has 0 atom stereocenters. The Morgan fingerprint density at radius 1 is 0.556 bits per heavy atom. The highest BCUT2D eigenvalue weighted by Gasteiger charge is 2.47. The van der Waals surface area contributed by atoms with Crippen molar-refractivity contribution in [2.45, 2.75) is 11.2 Å². The average Bonchev–Trinajstić information content (AvgIpc) is 3.69. The topological polar surface area (TPSA) is 89.7 Å². The molecule has 0 radical (unpaired) electrons. The van der Waals surface area contributed by atoms with Crippen LogP contribution in [0.1, 0.15) is 34.4 Å². The minimum atomic E-state index is -1.09. The zero-order valence-electron chi connectivity index (χ0n) is 21.3. The lowest BCUT2D eigenvalue weighted by atomic mass is 9.84. The van der Waals surface area contributed by atoms with Crippen LogP contribution >= 0.6 is 0 Å². The Hall–Kier alpha value is -4.02. The van der Waals surface area contributed by atoms with Gasteiger partial charge in [-0.2, -0.15) is 0 Å². The van der Waals surface area contributed by atoms with Gasteiger partial charge in [0.05, 0.1) is 0 Å². The van der Waals surface area contributed by atoms with Crippen LogP contribution in [0.15, 0.2) is 73.8 Å². The molecule has 0 unspecified atom stereocenters. The first-order valence-corrected chi connectivity index (χ1v) is 11.5. The van der Waals surface area contributed by atoms with Gasteiger partial charge in [-0.15, -0.1) is 0 Å². The van der Waals surface area contributed by atoms with E-state index >= 15 is 0 Å². The van der Waals surface area contributed by atoms with Gasteiger partial charge in [0.25, 0.3) is 0 Å². The lowest BCUT2D eigenvalue weighted by Gasteiger charge is -2.35. The number of benzene rings is 1. The molecule has 10 nitrogen and oxygen atoms in total. The molecule has 0 saturated heterocycles. The third-order valence-electron chi connectivity index (χ3n) is 6.83. The first kappa shape index (κ1) is 23.7. The smallest absolute Gasteiger partial charge is 0.208 e. The van der Waals surface area contributed by atoms with Gasteiger partial charge in [0, 0.05) is 92.0 Å². The molecule has 0 N–H and O–H groups in total. The van der Waals surface area contributed by atoms with Gasteiger partial charge in [-0.05, 0) is 17.2 Å². The monoisotopic (exact) mass is 486 g/mol. The maximum Gasteiger partial charge on any atom is 0.208 e. The van der Waals surface area contributed by atoms with E-state index < -0.39 is 11.2 Å². The fourth-order valence-electron chi connectivity index (χ4n) is 5.09. The summed E-state index contributed by atoms with van der Waals surface area (Å²) >= 11 is 0. The van der Waals surface area contributed by atoms with Crippen LogP contribution in [0.2, 0.25) is 0 Å². The highest BCUT2D eigenvalue weighted by molar-refractivity contribution is 5.46. The first-order chi connectivity index (χ1) is 17.4. The van der Waals surface area contributed by atoms with Crippen molar-refractivity contribution in [2.24, 2.45) is 28.2 Å². The zero-order chi connectivity index (χ0) is 25.5. The summed E-state index contributed by atoms with van der Waals surface area (Å²) in [4.78, 5) is 18.8. The maximum atomic E-state index is 6.36. The molecule has 0 aliphatic rings. The summed E-state index contributed by atoms with van der Waals surface area (Å²) in [7, 11) is 11.1. The van der Waals surface area contributed by atoms with Crippen LogP contribution in [0.3, 0.4) is 0 Å². The van der Waals surface area contributed by atoms with E-state index in [1.807, 2.05) is 89.4 Å². The standard InChI is InChI=1S/C26H30N8O2/c1-31-14-10-27-21(31)25(35-5,22-28-11-15-32(22)2)19-8-7-9-20(18-19)26(36-6,23-29-12-16-33(23)3)24-30-13-17-34(24)4/h7-18H,1-6H3. The van der Waals surface area contributed by atoms with E-state index in [2.05, 4.69) is 6.07 Å². The summed E-state index contributed by atoms with van der Waals surface area (Å²) in [5.74, 6) is 2.81. The van der Waals surface area contributed by atoms with E-state index in [0.717, 1.165) is 11.1 Å². The molecule has 0 aliphatic heterocycles. The molecule has 36 heavy (non-hydrogen) atoms. The van der Waals surface area contributed by atoms with Crippen LogP contribution < -0.4 is 0 Å². The van der Waals surface area contributed by atoms with Crippen molar-refractivity contribution < 1.29 is 9.47 Å². The van der Waals surface area contributed by atoms with Crippen molar-refractivity contribution in [3.8, 4) is 0 Å². The van der Waals surface area contributed by atoms with E-state index in [4.69, 9.17) is 29.4 Å². The van der Waals surface area contributed by atoms with Gasteiger partial charge in [0.1, 0.15) is 0 Å². The summed E-state index contributed by atoms with van der Waals surface area (Å²) in [6, 6.07) is 8.10. The van der Waals surface area contributed by atoms with Crippen molar-refractivity contribution in [3.05, 3.63) is 108 Å². The van der Waals surface area contributed by atoms with Gasteiger partial charge < -0.3 is 27.7 Å². The van der Waals surface area contributed by atoms with Crippen LogP contribution in [-0.4, -0.2) is 52.4 Å². The second kappa shape index (κ2) is 8.89. The molecule has 4 heterocycles. The molecule has 0 spiro atoms. The Labute approximate surface area is 209 Å². The van der Waals surface area contributed by atoms with E-state index in [-0.39, 0.29) is 0 Å². The van der Waals surface area contributed by atoms with Gasteiger partial charge in [-0.1, -0.05) is 18.2 Å². The summed E-state index contributed by atoms with van der Waals surface area (Å²) in [6.45, 7) is 0. The number of aryl methyl sites for hydroxylation is 4. The third kappa shape index (κ3) is 3.25. The lowest BCUT2D eigenvalue weighted by molar-refractivity contribution is 0.0330. The van der Waals surface area contributed by atoms with E-state index in [1.165, 1.54) is 0 Å². The SMILES string of the molecule is COC(c1cccc(C(OC)(c2nccn2C)c2nccn2C)c1)(c1nccn1C)c1nccn1C. The molecule has 0 fully saturated rings. The van der Waals surface area contributed by atoms with Crippen molar-refractivity contribution in [1.29, 1.82) is 0 Å². The van der Waals surface area contributed by atoms with Crippen LogP contribution in [0.5, 0.6) is 0 Å². The van der Waals surface area contributed by atoms with Gasteiger partial charge in [0.2, 0.25) is 11.2 Å². The summed E-state index contributed by atoms with van der Waals surface area (Å²) < 4.78 is 20.5. The molecule has 186 valence electrons. The van der Waals surface area contributed by atoms with E-state index in [1.54, 1.807) is 39.0 Å². The first-order valence-electron chi connectivity index (χ1n) is 11.5. The highest BCUT2D eigenvalue weighted by Crippen LogP contribution is 2.42. The number of imidazole rings is 4. The van der Waals surface area contributed by atoms with E-state index in [0.29, 0.717) is 23.3 Å². The number of hydrogen-bond donors (Lipinski definition) is 0. The molecule has 5 rings (SSSR count).